The highest BCUT2D eigenvalue weighted by Crippen LogP contribution is 2.28. The number of carbonyl (C=O) groups is 1. The van der Waals surface area contributed by atoms with Crippen molar-refractivity contribution in [3.05, 3.63) is 52.3 Å². The summed E-state index contributed by atoms with van der Waals surface area (Å²) in [6.07, 6.45) is 3.16. The maximum Gasteiger partial charge on any atom is 0.259 e. The molecule has 2 aromatic heterocycles. The van der Waals surface area contributed by atoms with Gasteiger partial charge in [-0.05, 0) is 40.5 Å². The minimum Gasteiger partial charge on any atom is -0.298 e. The minimum absolute atomic E-state index is 0.212. The zero-order valence-electron chi connectivity index (χ0n) is 10.6. The van der Waals surface area contributed by atoms with Crippen molar-refractivity contribution in [3.63, 3.8) is 0 Å². The average Bonchev–Trinajstić information content (AvgIpc) is 2.83. The molecule has 1 aromatic carbocycles. The molecule has 1 N–H and O–H groups in total. The molecule has 0 aliphatic heterocycles. The zero-order valence-corrected chi connectivity index (χ0v) is 13.0. The first-order valence-corrected chi connectivity index (χ1v) is 7.52. The lowest BCUT2D eigenvalue weighted by molar-refractivity contribution is 0.102. The number of benzene rings is 1. The number of aryl methyl sites for hydroxylation is 1. The van der Waals surface area contributed by atoms with Crippen LogP contribution in [0.5, 0.6) is 0 Å². The third kappa shape index (κ3) is 2.57. The number of anilines is 1. The van der Waals surface area contributed by atoms with Gasteiger partial charge in [0.1, 0.15) is 0 Å². The molecule has 6 heteroatoms. The zero-order chi connectivity index (χ0) is 14.1. The molecule has 20 heavy (non-hydrogen) atoms. The molecular weight excluding hydrogens is 338 g/mol. The lowest BCUT2D eigenvalue weighted by Gasteiger charge is -2.01. The van der Waals surface area contributed by atoms with Gasteiger partial charge in [-0.1, -0.05) is 23.5 Å². The first-order valence-electron chi connectivity index (χ1n) is 5.91. The Hall–Kier alpha value is -1.79. The number of hydrogen-bond donors (Lipinski definition) is 1. The number of thiazole rings is 1. The van der Waals surface area contributed by atoms with Crippen LogP contribution in [0.25, 0.3) is 10.2 Å². The predicted octanol–water partition coefficient (Wildman–Crippen LogP) is 4.01. The second-order valence-electron chi connectivity index (χ2n) is 4.29. The molecule has 0 spiro atoms. The molecule has 0 bridgehead atoms. The van der Waals surface area contributed by atoms with Crippen LogP contribution in [0.15, 0.2) is 41.1 Å². The third-order valence-electron chi connectivity index (χ3n) is 2.81. The van der Waals surface area contributed by atoms with Crippen LogP contribution in [0, 0.1) is 6.92 Å². The van der Waals surface area contributed by atoms with E-state index in [0.29, 0.717) is 10.7 Å². The van der Waals surface area contributed by atoms with Crippen molar-refractivity contribution < 1.29 is 4.79 Å². The molecule has 3 aromatic rings. The highest BCUT2D eigenvalue weighted by Gasteiger charge is 2.11. The maximum atomic E-state index is 12.1. The molecule has 0 saturated carbocycles. The van der Waals surface area contributed by atoms with Crippen molar-refractivity contribution in [1.82, 2.24) is 9.97 Å². The summed E-state index contributed by atoms with van der Waals surface area (Å²) in [5.41, 5.74) is 2.53. The number of nitrogens with zero attached hydrogens (tertiary/aromatic N) is 2. The Labute approximate surface area is 128 Å². The number of pyridine rings is 1. The smallest absolute Gasteiger partial charge is 0.259 e. The summed E-state index contributed by atoms with van der Waals surface area (Å²) >= 11 is 4.76. The number of fused-ring (bicyclic) bond motifs is 1. The average molecular weight is 348 g/mol. The minimum atomic E-state index is -0.212. The summed E-state index contributed by atoms with van der Waals surface area (Å²) < 4.78 is 1.83. The van der Waals surface area contributed by atoms with Crippen molar-refractivity contribution >= 4 is 48.5 Å². The molecule has 3 rings (SSSR count). The molecular formula is C14H10BrN3OS. The molecule has 4 nitrogen and oxygen atoms in total. The summed E-state index contributed by atoms with van der Waals surface area (Å²) in [6, 6.07) is 7.71. The summed E-state index contributed by atoms with van der Waals surface area (Å²) in [6.45, 7) is 2.01. The SMILES string of the molecule is Cc1cccc2sc(NC(=O)c3cncc(Br)c3)nc12. The fourth-order valence-electron chi connectivity index (χ4n) is 1.84. The summed E-state index contributed by atoms with van der Waals surface area (Å²) in [5.74, 6) is -0.212. The van der Waals surface area contributed by atoms with Crippen molar-refractivity contribution in [2.75, 3.05) is 5.32 Å². The first kappa shape index (κ1) is 13.2. The molecule has 0 unspecified atom stereocenters. The highest BCUT2D eigenvalue weighted by atomic mass is 79.9. The van der Waals surface area contributed by atoms with Crippen LogP contribution in [0.1, 0.15) is 15.9 Å². The number of nitrogens with one attached hydrogen (secondary N) is 1. The van der Waals surface area contributed by atoms with E-state index in [-0.39, 0.29) is 5.91 Å². The van der Waals surface area contributed by atoms with E-state index in [1.807, 2.05) is 25.1 Å². The van der Waals surface area contributed by atoms with Gasteiger partial charge in [-0.3, -0.25) is 15.1 Å². The Kier molecular flexibility index (Phi) is 3.50. The van der Waals surface area contributed by atoms with Gasteiger partial charge in [0.2, 0.25) is 0 Å². The van der Waals surface area contributed by atoms with E-state index in [0.717, 1.165) is 20.3 Å². The predicted molar refractivity (Wildman–Crippen MR) is 84.2 cm³/mol. The second-order valence-corrected chi connectivity index (χ2v) is 6.23. The van der Waals surface area contributed by atoms with Gasteiger partial charge >= 0.3 is 0 Å². The fourth-order valence-corrected chi connectivity index (χ4v) is 3.15. The monoisotopic (exact) mass is 347 g/mol. The Morgan fingerprint density at radius 3 is 2.95 bits per heavy atom. The van der Waals surface area contributed by atoms with Crippen LogP contribution in [0.2, 0.25) is 0 Å². The third-order valence-corrected chi connectivity index (χ3v) is 4.18. The van der Waals surface area contributed by atoms with Gasteiger partial charge in [-0.25, -0.2) is 4.98 Å². The van der Waals surface area contributed by atoms with E-state index in [9.17, 15) is 4.79 Å². The quantitative estimate of drug-likeness (QED) is 0.761. The molecule has 0 saturated heterocycles. The van der Waals surface area contributed by atoms with Gasteiger partial charge in [0, 0.05) is 16.9 Å². The molecule has 2 heterocycles. The number of halogens is 1. The van der Waals surface area contributed by atoms with Crippen molar-refractivity contribution in [2.24, 2.45) is 0 Å². The van der Waals surface area contributed by atoms with E-state index in [1.165, 1.54) is 17.5 Å². The largest absolute Gasteiger partial charge is 0.298 e. The van der Waals surface area contributed by atoms with Crippen LogP contribution >= 0.6 is 27.3 Å². The number of amides is 1. The summed E-state index contributed by atoms with van der Waals surface area (Å²) in [4.78, 5) is 20.6. The first-order chi connectivity index (χ1) is 9.63. The van der Waals surface area contributed by atoms with E-state index in [4.69, 9.17) is 0 Å². The number of aromatic nitrogens is 2. The van der Waals surface area contributed by atoms with Crippen LogP contribution in [0.4, 0.5) is 5.13 Å². The van der Waals surface area contributed by atoms with E-state index < -0.39 is 0 Å². The van der Waals surface area contributed by atoms with Gasteiger partial charge in [-0.15, -0.1) is 0 Å². The lowest BCUT2D eigenvalue weighted by Crippen LogP contribution is -2.11. The molecule has 1 amide bonds. The molecule has 0 radical (unpaired) electrons. The normalized spacial score (nSPS) is 10.7. The molecule has 0 atom stereocenters. The molecule has 0 aliphatic carbocycles. The van der Waals surface area contributed by atoms with E-state index in [2.05, 4.69) is 31.2 Å². The van der Waals surface area contributed by atoms with Gasteiger partial charge in [0.25, 0.3) is 5.91 Å². The van der Waals surface area contributed by atoms with Gasteiger partial charge in [-0.2, -0.15) is 0 Å². The van der Waals surface area contributed by atoms with Crippen LogP contribution in [0.3, 0.4) is 0 Å². The van der Waals surface area contributed by atoms with Gasteiger partial charge < -0.3 is 0 Å². The fraction of sp³-hybridized carbons (Fsp3) is 0.0714. The number of para-hydroxylation sites is 1. The second kappa shape index (κ2) is 5.30. The van der Waals surface area contributed by atoms with Gasteiger partial charge in [0.05, 0.1) is 15.8 Å². The van der Waals surface area contributed by atoms with Crippen molar-refractivity contribution in [1.29, 1.82) is 0 Å². The maximum absolute atomic E-state index is 12.1. The number of rotatable bonds is 2. The standard InChI is InChI=1S/C14H10BrN3OS/c1-8-3-2-4-11-12(8)17-14(20-11)18-13(19)9-5-10(15)7-16-6-9/h2-7H,1H3,(H,17,18,19). The van der Waals surface area contributed by atoms with E-state index >= 15 is 0 Å². The van der Waals surface area contributed by atoms with Gasteiger partial charge in [0.15, 0.2) is 5.13 Å². The lowest BCUT2D eigenvalue weighted by atomic mass is 10.2. The van der Waals surface area contributed by atoms with Crippen LogP contribution in [-0.2, 0) is 0 Å². The van der Waals surface area contributed by atoms with Crippen LogP contribution in [-0.4, -0.2) is 15.9 Å². The Balaban J connectivity index is 1.89. The van der Waals surface area contributed by atoms with Crippen molar-refractivity contribution in [2.45, 2.75) is 6.92 Å². The Bertz CT molecular complexity index is 800. The van der Waals surface area contributed by atoms with Crippen LogP contribution < -0.4 is 5.32 Å². The molecule has 100 valence electrons. The topological polar surface area (TPSA) is 54.9 Å². The summed E-state index contributed by atoms with van der Waals surface area (Å²) in [7, 11) is 0. The number of carbonyl (C=O) groups excluding carboxylic acids is 1. The summed E-state index contributed by atoms with van der Waals surface area (Å²) in [5, 5.41) is 3.41. The molecule has 0 aliphatic rings. The molecule has 0 fully saturated rings. The van der Waals surface area contributed by atoms with Crippen molar-refractivity contribution in [3.8, 4) is 0 Å². The highest BCUT2D eigenvalue weighted by molar-refractivity contribution is 9.10. The Morgan fingerprint density at radius 2 is 2.20 bits per heavy atom. The number of hydrogen-bond acceptors (Lipinski definition) is 4. The Morgan fingerprint density at radius 1 is 1.35 bits per heavy atom. The van der Waals surface area contributed by atoms with E-state index in [1.54, 1.807) is 12.3 Å².